The first-order chi connectivity index (χ1) is 15.2. The minimum Gasteiger partial charge on any atom is -0.490 e. The first kappa shape index (κ1) is 23.2. The second-order valence-electron chi connectivity index (χ2n) is 6.50. The molecule has 0 saturated carbocycles. The number of aromatic nitrogens is 1. The summed E-state index contributed by atoms with van der Waals surface area (Å²) in [6, 6.07) is 12.9. The van der Waals surface area contributed by atoms with E-state index in [2.05, 4.69) is 15.0 Å². The van der Waals surface area contributed by atoms with E-state index in [1.165, 1.54) is 60.9 Å². The molecule has 11 heteroatoms. The summed E-state index contributed by atoms with van der Waals surface area (Å²) in [6.45, 7) is -0.344. The Hall–Kier alpha value is -3.47. The third-order valence-electron chi connectivity index (χ3n) is 4.17. The van der Waals surface area contributed by atoms with Crippen molar-refractivity contribution in [1.82, 2.24) is 9.71 Å². The van der Waals surface area contributed by atoms with Gasteiger partial charge in [0, 0.05) is 16.9 Å². The van der Waals surface area contributed by atoms with Crippen LogP contribution in [0.5, 0.6) is 5.75 Å². The van der Waals surface area contributed by atoms with Crippen molar-refractivity contribution < 1.29 is 27.9 Å². The topological polar surface area (TPSA) is 135 Å². The summed E-state index contributed by atoms with van der Waals surface area (Å²) in [5.74, 6) is -1.57. The normalized spacial score (nSPS) is 12.0. The first-order valence-corrected chi connectivity index (χ1v) is 11.1. The lowest BCUT2D eigenvalue weighted by atomic mass is 10.2. The second kappa shape index (κ2) is 10.2. The van der Waals surface area contributed by atoms with Gasteiger partial charge < -0.3 is 15.2 Å². The van der Waals surface area contributed by atoms with Gasteiger partial charge in [-0.05, 0) is 54.6 Å². The molecule has 0 aliphatic carbocycles. The summed E-state index contributed by atoms with van der Waals surface area (Å²) in [7, 11) is -4.10. The Morgan fingerprint density at radius 2 is 1.84 bits per heavy atom. The standard InChI is InChI=1S/C21H18ClN3O6S/c22-15-6-8-18(9-7-15)32(29,30)25-19(13-31-17-5-2-10-23-12-17)20(26)24-16-4-1-3-14(11-16)21(27)28/h1-12,19,25H,13H2,(H,24,26)(H,27,28). The largest absolute Gasteiger partial charge is 0.490 e. The molecule has 1 atom stereocenters. The molecule has 0 bridgehead atoms. The number of hydrogen-bond acceptors (Lipinski definition) is 6. The molecule has 1 amide bonds. The maximum Gasteiger partial charge on any atom is 0.335 e. The van der Waals surface area contributed by atoms with Crippen molar-refractivity contribution in [2.75, 3.05) is 11.9 Å². The maximum absolute atomic E-state index is 12.9. The van der Waals surface area contributed by atoms with Gasteiger partial charge in [0.05, 0.1) is 16.7 Å². The van der Waals surface area contributed by atoms with Gasteiger partial charge in [-0.15, -0.1) is 0 Å². The van der Waals surface area contributed by atoms with Crippen molar-refractivity contribution in [2.24, 2.45) is 0 Å². The van der Waals surface area contributed by atoms with Crippen LogP contribution in [0.15, 0.2) is 78.0 Å². The number of rotatable bonds is 9. The van der Waals surface area contributed by atoms with E-state index in [-0.39, 0.29) is 22.8 Å². The average Bonchev–Trinajstić information content (AvgIpc) is 2.77. The zero-order valence-corrected chi connectivity index (χ0v) is 18.0. The quantitative estimate of drug-likeness (QED) is 0.433. The van der Waals surface area contributed by atoms with Crippen molar-refractivity contribution in [3.05, 3.63) is 83.6 Å². The van der Waals surface area contributed by atoms with Crippen LogP contribution < -0.4 is 14.8 Å². The van der Waals surface area contributed by atoms with Crippen molar-refractivity contribution >= 4 is 39.2 Å². The average molecular weight is 476 g/mol. The summed E-state index contributed by atoms with van der Waals surface area (Å²) < 4.78 is 33.4. The summed E-state index contributed by atoms with van der Waals surface area (Å²) >= 11 is 5.81. The van der Waals surface area contributed by atoms with Gasteiger partial charge in [-0.25, -0.2) is 13.2 Å². The van der Waals surface area contributed by atoms with Crippen LogP contribution in [0, 0.1) is 0 Å². The van der Waals surface area contributed by atoms with Crippen LogP contribution in [0.25, 0.3) is 0 Å². The van der Waals surface area contributed by atoms with Crippen molar-refractivity contribution in [3.63, 3.8) is 0 Å². The third-order valence-corrected chi connectivity index (χ3v) is 5.91. The van der Waals surface area contributed by atoms with E-state index < -0.39 is 27.9 Å². The number of anilines is 1. The third kappa shape index (κ3) is 6.27. The van der Waals surface area contributed by atoms with E-state index >= 15 is 0 Å². The second-order valence-corrected chi connectivity index (χ2v) is 8.65. The van der Waals surface area contributed by atoms with Crippen molar-refractivity contribution in [1.29, 1.82) is 0 Å². The summed E-state index contributed by atoms with van der Waals surface area (Å²) in [5.41, 5.74) is 0.152. The Balaban J connectivity index is 1.82. The van der Waals surface area contributed by atoms with Gasteiger partial charge in [-0.3, -0.25) is 9.78 Å². The molecule has 9 nitrogen and oxygen atoms in total. The minimum atomic E-state index is -4.10. The molecular weight excluding hydrogens is 458 g/mol. The maximum atomic E-state index is 12.9. The number of hydrogen-bond donors (Lipinski definition) is 3. The number of benzene rings is 2. The first-order valence-electron chi connectivity index (χ1n) is 9.19. The number of carboxylic acids is 1. The molecule has 0 fully saturated rings. The van der Waals surface area contributed by atoms with Crippen molar-refractivity contribution in [3.8, 4) is 5.75 Å². The molecule has 2 aromatic carbocycles. The lowest BCUT2D eigenvalue weighted by Gasteiger charge is -2.19. The zero-order valence-electron chi connectivity index (χ0n) is 16.4. The van der Waals surface area contributed by atoms with Crippen LogP contribution in [-0.2, 0) is 14.8 Å². The Morgan fingerprint density at radius 1 is 1.09 bits per heavy atom. The number of carbonyl (C=O) groups excluding carboxylic acids is 1. The number of nitrogens with zero attached hydrogens (tertiary/aromatic N) is 1. The fraction of sp³-hybridized carbons (Fsp3) is 0.0952. The highest BCUT2D eigenvalue weighted by atomic mass is 35.5. The fourth-order valence-electron chi connectivity index (χ4n) is 2.60. The number of nitrogens with one attached hydrogen (secondary N) is 2. The molecule has 3 N–H and O–H groups in total. The van der Waals surface area contributed by atoms with Crippen molar-refractivity contribution in [2.45, 2.75) is 10.9 Å². The molecule has 0 aliphatic rings. The van der Waals surface area contributed by atoms with Crippen LogP contribution in [0.1, 0.15) is 10.4 Å². The predicted octanol–water partition coefficient (Wildman–Crippen LogP) is 2.80. The molecule has 1 heterocycles. The minimum absolute atomic E-state index is 0.0345. The zero-order chi connectivity index (χ0) is 23.1. The smallest absolute Gasteiger partial charge is 0.335 e. The Labute approximate surface area is 189 Å². The number of carbonyl (C=O) groups is 2. The van der Waals surface area contributed by atoms with Crippen LogP contribution >= 0.6 is 11.6 Å². The predicted molar refractivity (Wildman–Crippen MR) is 117 cm³/mol. The Morgan fingerprint density at radius 3 is 2.50 bits per heavy atom. The molecule has 0 radical (unpaired) electrons. The van der Waals surface area contributed by atoms with E-state index in [4.69, 9.17) is 21.4 Å². The van der Waals surface area contributed by atoms with E-state index in [0.717, 1.165) is 0 Å². The lowest BCUT2D eigenvalue weighted by Crippen LogP contribution is -2.47. The summed E-state index contributed by atoms with van der Waals surface area (Å²) in [4.78, 5) is 27.8. The highest BCUT2D eigenvalue weighted by Gasteiger charge is 2.27. The Kier molecular flexibility index (Phi) is 7.41. The summed E-state index contributed by atoms with van der Waals surface area (Å²) in [6.07, 6.45) is 2.95. The SMILES string of the molecule is O=C(O)c1cccc(NC(=O)C(COc2cccnc2)NS(=O)(=O)c2ccc(Cl)cc2)c1. The number of amides is 1. The van der Waals surface area contributed by atoms with E-state index in [0.29, 0.717) is 10.8 Å². The number of carboxylic acid groups (broad SMARTS) is 1. The number of sulfonamides is 1. The molecule has 0 saturated heterocycles. The highest BCUT2D eigenvalue weighted by molar-refractivity contribution is 7.89. The van der Waals surface area contributed by atoms with E-state index in [9.17, 15) is 18.0 Å². The van der Waals surface area contributed by atoms with Gasteiger partial charge in [-0.1, -0.05) is 17.7 Å². The molecule has 166 valence electrons. The van der Waals surface area contributed by atoms with Gasteiger partial charge >= 0.3 is 5.97 Å². The number of halogens is 1. The van der Waals surface area contributed by atoms with Crippen LogP contribution in [-0.4, -0.2) is 43.0 Å². The number of ether oxygens (including phenoxy) is 1. The van der Waals surface area contributed by atoms with E-state index in [1.54, 1.807) is 12.1 Å². The number of pyridine rings is 1. The molecule has 1 unspecified atom stereocenters. The fourth-order valence-corrected chi connectivity index (χ4v) is 3.91. The van der Waals surface area contributed by atoms with Gasteiger partial charge in [0.1, 0.15) is 18.4 Å². The molecule has 0 aliphatic heterocycles. The van der Waals surface area contributed by atoms with Crippen LogP contribution in [0.3, 0.4) is 0 Å². The van der Waals surface area contributed by atoms with Gasteiger partial charge in [0.15, 0.2) is 0 Å². The van der Waals surface area contributed by atoms with Gasteiger partial charge in [0.25, 0.3) is 0 Å². The van der Waals surface area contributed by atoms with Gasteiger partial charge in [-0.2, -0.15) is 4.72 Å². The Bertz CT molecular complexity index is 1200. The summed E-state index contributed by atoms with van der Waals surface area (Å²) in [5, 5.41) is 12.0. The number of aromatic carboxylic acids is 1. The van der Waals surface area contributed by atoms with E-state index in [1.807, 2.05) is 0 Å². The molecule has 1 aromatic heterocycles. The molecule has 0 spiro atoms. The molecule has 3 aromatic rings. The van der Waals surface area contributed by atoms with Crippen LogP contribution in [0.2, 0.25) is 5.02 Å². The highest BCUT2D eigenvalue weighted by Crippen LogP contribution is 2.16. The molecule has 3 rings (SSSR count). The van der Waals surface area contributed by atoms with Gasteiger partial charge in [0.2, 0.25) is 15.9 Å². The molecular formula is C21H18ClN3O6S. The molecule has 32 heavy (non-hydrogen) atoms. The van der Waals surface area contributed by atoms with Crippen LogP contribution in [0.4, 0.5) is 5.69 Å². The monoisotopic (exact) mass is 475 g/mol. The lowest BCUT2D eigenvalue weighted by molar-refractivity contribution is -0.118.